The van der Waals surface area contributed by atoms with Crippen molar-refractivity contribution in [1.82, 2.24) is 4.90 Å². The van der Waals surface area contributed by atoms with Gasteiger partial charge < -0.3 is 20.3 Å². The first-order valence-electron chi connectivity index (χ1n) is 6.96. The Balaban J connectivity index is 1.91. The number of anilines is 1. The maximum Gasteiger partial charge on any atom is 0.241 e. The number of ether oxygens (including phenoxy) is 1. The van der Waals surface area contributed by atoms with E-state index in [9.17, 15) is 4.79 Å². The fourth-order valence-corrected chi connectivity index (χ4v) is 2.50. The van der Waals surface area contributed by atoms with Gasteiger partial charge >= 0.3 is 0 Å². The van der Waals surface area contributed by atoms with E-state index >= 15 is 0 Å². The maximum absolute atomic E-state index is 12.1. The average Bonchev–Trinajstić information content (AvgIpc) is 2.47. The molecule has 1 aliphatic heterocycles. The summed E-state index contributed by atoms with van der Waals surface area (Å²) in [5.74, 6) is -0.0178. The zero-order valence-corrected chi connectivity index (χ0v) is 12.2. The summed E-state index contributed by atoms with van der Waals surface area (Å²) >= 11 is 0. The van der Waals surface area contributed by atoms with Crippen LogP contribution in [0.4, 0.5) is 5.69 Å². The van der Waals surface area contributed by atoms with E-state index in [0.29, 0.717) is 13.1 Å². The van der Waals surface area contributed by atoms with Crippen molar-refractivity contribution in [2.24, 2.45) is 5.73 Å². The van der Waals surface area contributed by atoms with Crippen LogP contribution in [0.1, 0.15) is 5.56 Å². The molecular formula is C15H23N3O2. The van der Waals surface area contributed by atoms with Crippen molar-refractivity contribution in [3.8, 4) is 0 Å². The van der Waals surface area contributed by atoms with E-state index < -0.39 is 6.04 Å². The number of benzene rings is 1. The smallest absolute Gasteiger partial charge is 0.241 e. The third-order valence-electron chi connectivity index (χ3n) is 3.62. The van der Waals surface area contributed by atoms with Crippen LogP contribution in [0.5, 0.6) is 0 Å². The molecule has 0 radical (unpaired) electrons. The number of hydrogen-bond acceptors (Lipinski definition) is 4. The lowest BCUT2D eigenvalue weighted by Crippen LogP contribution is -2.54. The molecule has 0 aliphatic carbocycles. The number of nitrogens with zero attached hydrogens (tertiary/aromatic N) is 2. The van der Waals surface area contributed by atoms with Gasteiger partial charge in [0.1, 0.15) is 6.04 Å². The molecule has 0 bridgehead atoms. The Labute approximate surface area is 120 Å². The summed E-state index contributed by atoms with van der Waals surface area (Å²) in [7, 11) is 1.56. The molecule has 1 heterocycles. The third-order valence-corrected chi connectivity index (χ3v) is 3.62. The Morgan fingerprint density at radius 2 is 2.05 bits per heavy atom. The zero-order valence-electron chi connectivity index (χ0n) is 12.2. The number of rotatable bonds is 4. The van der Waals surface area contributed by atoms with Crippen LogP contribution < -0.4 is 10.6 Å². The van der Waals surface area contributed by atoms with E-state index in [1.807, 2.05) is 4.90 Å². The molecule has 110 valence electrons. The molecule has 1 fully saturated rings. The van der Waals surface area contributed by atoms with Crippen molar-refractivity contribution in [3.63, 3.8) is 0 Å². The summed E-state index contributed by atoms with van der Waals surface area (Å²) in [6, 6.07) is 7.89. The maximum atomic E-state index is 12.1. The Kier molecular flexibility index (Phi) is 4.98. The number of carbonyl (C=O) groups is 1. The van der Waals surface area contributed by atoms with Gasteiger partial charge in [-0.25, -0.2) is 0 Å². The molecule has 1 aliphatic rings. The van der Waals surface area contributed by atoms with Crippen molar-refractivity contribution in [3.05, 3.63) is 29.8 Å². The van der Waals surface area contributed by atoms with Crippen LogP contribution >= 0.6 is 0 Å². The molecular weight excluding hydrogens is 254 g/mol. The average molecular weight is 277 g/mol. The number of aryl methyl sites for hydroxylation is 1. The van der Waals surface area contributed by atoms with Gasteiger partial charge in [-0.1, -0.05) is 12.1 Å². The van der Waals surface area contributed by atoms with Crippen molar-refractivity contribution >= 4 is 11.6 Å². The molecule has 1 unspecified atom stereocenters. The molecule has 2 N–H and O–H groups in total. The van der Waals surface area contributed by atoms with E-state index in [1.165, 1.54) is 11.3 Å². The summed E-state index contributed by atoms with van der Waals surface area (Å²) in [6.07, 6.45) is 0. The molecule has 20 heavy (non-hydrogen) atoms. The van der Waals surface area contributed by atoms with Crippen LogP contribution in [0.2, 0.25) is 0 Å². The minimum absolute atomic E-state index is 0.0178. The highest BCUT2D eigenvalue weighted by Crippen LogP contribution is 2.17. The van der Waals surface area contributed by atoms with Crippen molar-refractivity contribution in [1.29, 1.82) is 0 Å². The van der Waals surface area contributed by atoms with Gasteiger partial charge in [-0.05, 0) is 24.6 Å². The fraction of sp³-hybridized carbons (Fsp3) is 0.533. The van der Waals surface area contributed by atoms with Crippen LogP contribution in [-0.4, -0.2) is 56.7 Å². The quantitative estimate of drug-likeness (QED) is 0.876. The van der Waals surface area contributed by atoms with E-state index in [0.717, 1.165) is 13.1 Å². The van der Waals surface area contributed by atoms with Gasteiger partial charge in [-0.15, -0.1) is 0 Å². The first-order chi connectivity index (χ1) is 9.61. The number of piperazine rings is 1. The second-order valence-corrected chi connectivity index (χ2v) is 5.21. The predicted octanol–water partition coefficient (Wildman–Crippen LogP) is 0.617. The van der Waals surface area contributed by atoms with Gasteiger partial charge in [0, 0.05) is 39.0 Å². The minimum Gasteiger partial charge on any atom is -0.383 e. The monoisotopic (exact) mass is 277 g/mol. The molecule has 1 aromatic carbocycles. The number of hydrogen-bond donors (Lipinski definition) is 1. The standard InChI is InChI=1S/C15H23N3O2/c1-12-4-3-5-13(10-12)17-6-8-18(9-7-17)15(19)14(16)11-20-2/h3-5,10,14H,6-9,11,16H2,1-2H3. The van der Waals surface area contributed by atoms with E-state index in [2.05, 4.69) is 36.1 Å². The second-order valence-electron chi connectivity index (χ2n) is 5.21. The first kappa shape index (κ1) is 14.8. The lowest BCUT2D eigenvalue weighted by molar-refractivity contribution is -0.134. The molecule has 1 aromatic rings. The Morgan fingerprint density at radius 1 is 1.35 bits per heavy atom. The van der Waals surface area contributed by atoms with E-state index in [-0.39, 0.29) is 12.5 Å². The number of carbonyl (C=O) groups excluding carboxylic acids is 1. The largest absolute Gasteiger partial charge is 0.383 e. The highest BCUT2D eigenvalue weighted by Gasteiger charge is 2.25. The molecule has 1 amide bonds. The highest BCUT2D eigenvalue weighted by molar-refractivity contribution is 5.82. The van der Waals surface area contributed by atoms with Crippen LogP contribution in [0, 0.1) is 6.92 Å². The number of amides is 1. The summed E-state index contributed by atoms with van der Waals surface area (Å²) in [6.45, 7) is 5.47. The molecule has 0 spiro atoms. The molecule has 0 aromatic heterocycles. The molecule has 1 saturated heterocycles. The first-order valence-corrected chi connectivity index (χ1v) is 6.96. The fourth-order valence-electron chi connectivity index (χ4n) is 2.50. The summed E-state index contributed by atoms with van der Waals surface area (Å²) in [5, 5.41) is 0. The third kappa shape index (κ3) is 3.49. The lowest BCUT2D eigenvalue weighted by Gasteiger charge is -2.37. The predicted molar refractivity (Wildman–Crippen MR) is 79.8 cm³/mol. The van der Waals surface area contributed by atoms with Crippen molar-refractivity contribution < 1.29 is 9.53 Å². The normalized spacial score (nSPS) is 17.1. The number of methoxy groups -OCH3 is 1. The molecule has 5 heteroatoms. The highest BCUT2D eigenvalue weighted by atomic mass is 16.5. The summed E-state index contributed by atoms with van der Waals surface area (Å²) in [4.78, 5) is 16.2. The van der Waals surface area contributed by atoms with Crippen LogP contribution in [0.15, 0.2) is 24.3 Å². The van der Waals surface area contributed by atoms with Gasteiger partial charge in [0.15, 0.2) is 0 Å². The Morgan fingerprint density at radius 3 is 2.65 bits per heavy atom. The van der Waals surface area contributed by atoms with Crippen molar-refractivity contribution in [2.75, 3.05) is 44.8 Å². The zero-order chi connectivity index (χ0) is 14.5. The van der Waals surface area contributed by atoms with Gasteiger partial charge in [-0.3, -0.25) is 4.79 Å². The van der Waals surface area contributed by atoms with Gasteiger partial charge in [0.05, 0.1) is 6.61 Å². The van der Waals surface area contributed by atoms with Gasteiger partial charge in [-0.2, -0.15) is 0 Å². The minimum atomic E-state index is -0.550. The van der Waals surface area contributed by atoms with E-state index in [4.69, 9.17) is 10.5 Å². The van der Waals surface area contributed by atoms with Crippen molar-refractivity contribution in [2.45, 2.75) is 13.0 Å². The van der Waals surface area contributed by atoms with Crippen LogP contribution in [0.3, 0.4) is 0 Å². The molecule has 0 saturated carbocycles. The van der Waals surface area contributed by atoms with Gasteiger partial charge in [0.25, 0.3) is 0 Å². The lowest BCUT2D eigenvalue weighted by atomic mass is 10.2. The summed E-state index contributed by atoms with van der Waals surface area (Å²) < 4.78 is 4.94. The number of nitrogens with two attached hydrogens (primary N) is 1. The van der Waals surface area contributed by atoms with Crippen LogP contribution in [0.25, 0.3) is 0 Å². The summed E-state index contributed by atoms with van der Waals surface area (Å²) in [5.41, 5.74) is 8.27. The Bertz CT molecular complexity index is 456. The second kappa shape index (κ2) is 6.72. The van der Waals surface area contributed by atoms with Gasteiger partial charge in [0.2, 0.25) is 5.91 Å². The molecule has 5 nitrogen and oxygen atoms in total. The topological polar surface area (TPSA) is 58.8 Å². The molecule has 2 rings (SSSR count). The van der Waals surface area contributed by atoms with E-state index in [1.54, 1.807) is 7.11 Å². The Hall–Kier alpha value is -1.59. The van der Waals surface area contributed by atoms with Crippen LogP contribution in [-0.2, 0) is 9.53 Å². The molecule has 1 atom stereocenters. The SMILES string of the molecule is COCC(N)C(=O)N1CCN(c2cccc(C)c2)CC1.